The second-order valence-corrected chi connectivity index (χ2v) is 9.29. The van der Waals surface area contributed by atoms with Gasteiger partial charge in [0.1, 0.15) is 5.75 Å². The van der Waals surface area contributed by atoms with Crippen LogP contribution in [0.25, 0.3) is 0 Å². The summed E-state index contributed by atoms with van der Waals surface area (Å²) in [6.07, 6.45) is 0.670. The monoisotopic (exact) mass is 576 g/mol. The highest BCUT2D eigenvalue weighted by molar-refractivity contribution is 14.1. The number of rotatable bonds is 5. The zero-order valence-electron chi connectivity index (χ0n) is 15.1. The topological polar surface area (TPSA) is 41.6 Å². The SMILES string of the molecule is COc1c(I)cc(C[C@@H]2NC(C)(C)N(Cc3ccccc3)C2=O)cc1I. The zero-order valence-corrected chi connectivity index (χ0v) is 19.4. The lowest BCUT2D eigenvalue weighted by atomic mass is 10.1. The number of benzene rings is 2. The van der Waals surface area contributed by atoms with E-state index in [0.29, 0.717) is 13.0 Å². The molecule has 1 heterocycles. The summed E-state index contributed by atoms with van der Waals surface area (Å²) in [6, 6.07) is 14.1. The quantitative estimate of drug-likeness (QED) is 0.544. The maximum atomic E-state index is 13.1. The first-order chi connectivity index (χ1) is 12.3. The third-order valence-corrected chi connectivity index (χ3v) is 6.25. The van der Waals surface area contributed by atoms with Gasteiger partial charge < -0.3 is 9.64 Å². The van der Waals surface area contributed by atoms with Crippen LogP contribution in [0.15, 0.2) is 42.5 Å². The largest absolute Gasteiger partial charge is 0.495 e. The molecule has 0 aliphatic carbocycles. The number of halogens is 2. The number of amides is 1. The minimum Gasteiger partial charge on any atom is -0.495 e. The van der Waals surface area contributed by atoms with Crippen molar-refractivity contribution in [1.29, 1.82) is 0 Å². The summed E-state index contributed by atoms with van der Waals surface area (Å²) in [7, 11) is 1.69. The van der Waals surface area contributed by atoms with Crippen molar-refractivity contribution in [3.05, 3.63) is 60.7 Å². The van der Waals surface area contributed by atoms with Gasteiger partial charge in [0.2, 0.25) is 5.91 Å². The van der Waals surface area contributed by atoms with Crippen molar-refractivity contribution >= 4 is 51.1 Å². The van der Waals surface area contributed by atoms with E-state index in [2.05, 4.69) is 88.6 Å². The molecule has 1 saturated heterocycles. The lowest BCUT2D eigenvalue weighted by Gasteiger charge is -2.31. The summed E-state index contributed by atoms with van der Waals surface area (Å²) in [5, 5.41) is 3.51. The first-order valence-electron chi connectivity index (χ1n) is 8.47. The zero-order chi connectivity index (χ0) is 18.9. The standard InChI is InChI=1S/C20H22I2N2O2/c1-20(2)23-17(11-14-9-15(21)18(26-3)16(22)10-14)19(25)24(20)12-13-7-5-4-6-8-13/h4-10,17,23H,11-12H2,1-3H3/t17-/m0/s1. The maximum Gasteiger partial charge on any atom is 0.241 e. The molecule has 6 heteroatoms. The van der Waals surface area contributed by atoms with Crippen LogP contribution in [0.4, 0.5) is 0 Å². The summed E-state index contributed by atoms with van der Waals surface area (Å²) in [6.45, 7) is 4.75. The first kappa shape index (κ1) is 19.9. The normalized spacial score (nSPS) is 19.0. The number of methoxy groups -OCH3 is 1. The number of carbonyl (C=O) groups is 1. The van der Waals surface area contributed by atoms with Crippen LogP contribution in [-0.4, -0.2) is 29.6 Å². The molecule has 3 rings (SSSR count). The number of hydrogen-bond acceptors (Lipinski definition) is 3. The van der Waals surface area contributed by atoms with Crippen molar-refractivity contribution in [2.75, 3.05) is 7.11 Å². The molecule has 0 bridgehead atoms. The summed E-state index contributed by atoms with van der Waals surface area (Å²) < 4.78 is 7.57. The molecule has 1 fully saturated rings. The predicted molar refractivity (Wildman–Crippen MR) is 120 cm³/mol. The van der Waals surface area contributed by atoms with Gasteiger partial charge in [0.05, 0.1) is 26.0 Å². The van der Waals surface area contributed by atoms with Crippen LogP contribution in [0.2, 0.25) is 0 Å². The Bertz CT molecular complexity index is 786. The van der Waals surface area contributed by atoms with Crippen molar-refractivity contribution in [3.8, 4) is 5.75 Å². The Morgan fingerprint density at radius 2 is 1.73 bits per heavy atom. The van der Waals surface area contributed by atoms with Crippen LogP contribution < -0.4 is 10.1 Å². The number of ether oxygens (including phenoxy) is 1. The van der Waals surface area contributed by atoms with Crippen molar-refractivity contribution in [1.82, 2.24) is 10.2 Å². The van der Waals surface area contributed by atoms with E-state index in [9.17, 15) is 4.79 Å². The van der Waals surface area contributed by atoms with Crippen molar-refractivity contribution in [3.63, 3.8) is 0 Å². The summed E-state index contributed by atoms with van der Waals surface area (Å²) >= 11 is 4.57. The third-order valence-electron chi connectivity index (χ3n) is 4.65. The Balaban J connectivity index is 1.79. The van der Waals surface area contributed by atoms with Gasteiger partial charge in [0.25, 0.3) is 0 Å². The predicted octanol–water partition coefficient (Wildman–Crippen LogP) is 4.18. The van der Waals surface area contributed by atoms with Crippen LogP contribution in [0.5, 0.6) is 5.75 Å². The second kappa shape index (κ2) is 8.02. The van der Waals surface area contributed by atoms with Gasteiger partial charge in [-0.1, -0.05) is 30.3 Å². The number of carbonyl (C=O) groups excluding carboxylic acids is 1. The van der Waals surface area contributed by atoms with Gasteiger partial charge in [0.15, 0.2) is 0 Å². The van der Waals surface area contributed by atoms with E-state index >= 15 is 0 Å². The smallest absolute Gasteiger partial charge is 0.241 e. The molecule has 0 radical (unpaired) electrons. The van der Waals surface area contributed by atoms with Crippen molar-refractivity contribution in [2.24, 2.45) is 0 Å². The fourth-order valence-corrected chi connectivity index (χ4v) is 5.71. The fraction of sp³-hybridized carbons (Fsp3) is 0.350. The van der Waals surface area contributed by atoms with Gasteiger partial charge >= 0.3 is 0 Å². The molecule has 1 aliphatic heterocycles. The summed E-state index contributed by atoms with van der Waals surface area (Å²) in [5.74, 6) is 1.05. The highest BCUT2D eigenvalue weighted by Gasteiger charge is 2.43. The Morgan fingerprint density at radius 3 is 2.31 bits per heavy atom. The van der Waals surface area contributed by atoms with Crippen LogP contribution in [0.3, 0.4) is 0 Å². The molecule has 1 atom stereocenters. The van der Waals surface area contributed by atoms with Gasteiger partial charge in [0, 0.05) is 6.54 Å². The van der Waals surface area contributed by atoms with E-state index in [0.717, 1.165) is 24.0 Å². The van der Waals surface area contributed by atoms with E-state index in [1.807, 2.05) is 23.1 Å². The highest BCUT2D eigenvalue weighted by Crippen LogP contribution is 2.31. The molecule has 0 spiro atoms. The molecule has 1 N–H and O–H groups in total. The molecule has 4 nitrogen and oxygen atoms in total. The summed E-state index contributed by atoms with van der Waals surface area (Å²) in [4.78, 5) is 15.0. The van der Waals surface area contributed by atoms with E-state index in [1.165, 1.54) is 0 Å². The van der Waals surface area contributed by atoms with E-state index in [4.69, 9.17) is 4.74 Å². The number of nitrogens with zero attached hydrogens (tertiary/aromatic N) is 1. The Labute approximate surface area is 182 Å². The minimum atomic E-state index is -0.371. The average Bonchev–Trinajstić information content (AvgIpc) is 2.78. The van der Waals surface area contributed by atoms with Crippen LogP contribution in [0.1, 0.15) is 25.0 Å². The third kappa shape index (κ3) is 4.17. The molecule has 0 saturated carbocycles. The maximum absolute atomic E-state index is 13.1. The van der Waals surface area contributed by atoms with Crippen LogP contribution >= 0.6 is 45.2 Å². The number of hydrogen-bond donors (Lipinski definition) is 1. The molecule has 1 amide bonds. The summed E-state index contributed by atoms with van der Waals surface area (Å²) in [5.41, 5.74) is 1.91. The molecule has 26 heavy (non-hydrogen) atoms. The fourth-order valence-electron chi connectivity index (χ4n) is 3.37. The number of nitrogens with one attached hydrogen (secondary N) is 1. The lowest BCUT2D eigenvalue weighted by Crippen LogP contribution is -2.46. The molecule has 2 aromatic rings. The van der Waals surface area contributed by atoms with Crippen LogP contribution in [-0.2, 0) is 17.8 Å². The van der Waals surface area contributed by atoms with Gasteiger partial charge in [-0.15, -0.1) is 0 Å². The Hall–Kier alpha value is -0.870. The first-order valence-corrected chi connectivity index (χ1v) is 10.6. The Morgan fingerprint density at radius 1 is 1.12 bits per heavy atom. The van der Waals surface area contributed by atoms with E-state index in [1.54, 1.807) is 7.11 Å². The molecule has 138 valence electrons. The second-order valence-electron chi connectivity index (χ2n) is 6.96. The minimum absolute atomic E-state index is 0.152. The van der Waals surface area contributed by atoms with E-state index < -0.39 is 0 Å². The molecular formula is C20H22I2N2O2. The molecule has 1 aliphatic rings. The van der Waals surface area contributed by atoms with Gasteiger partial charge in [-0.05, 0) is 88.7 Å². The van der Waals surface area contributed by atoms with Crippen molar-refractivity contribution in [2.45, 2.75) is 38.5 Å². The molecule has 2 aromatic carbocycles. The molecule has 0 aromatic heterocycles. The lowest BCUT2D eigenvalue weighted by molar-refractivity contribution is -0.132. The molecular weight excluding hydrogens is 554 g/mol. The average molecular weight is 576 g/mol. The molecule has 0 unspecified atom stereocenters. The Kier molecular flexibility index (Phi) is 6.13. The van der Waals surface area contributed by atoms with E-state index in [-0.39, 0.29) is 17.6 Å². The highest BCUT2D eigenvalue weighted by atomic mass is 127. The van der Waals surface area contributed by atoms with Gasteiger partial charge in [-0.25, -0.2) is 0 Å². The van der Waals surface area contributed by atoms with Crippen LogP contribution in [0, 0.1) is 7.14 Å². The van der Waals surface area contributed by atoms with Gasteiger partial charge in [-0.3, -0.25) is 10.1 Å². The van der Waals surface area contributed by atoms with Gasteiger partial charge in [-0.2, -0.15) is 0 Å². The van der Waals surface area contributed by atoms with Crippen molar-refractivity contribution < 1.29 is 9.53 Å².